The summed E-state index contributed by atoms with van der Waals surface area (Å²) in [6.07, 6.45) is 3.91. The van der Waals surface area contributed by atoms with Gasteiger partial charge >= 0.3 is 6.03 Å². The van der Waals surface area contributed by atoms with Crippen LogP contribution in [0.2, 0.25) is 0 Å². The first-order valence-corrected chi connectivity index (χ1v) is 11.7. The lowest BCUT2D eigenvalue weighted by Crippen LogP contribution is -2.35. The van der Waals surface area contributed by atoms with E-state index in [0.29, 0.717) is 28.4 Å². The first kappa shape index (κ1) is 24.8. The molecular formula is C22H25FN6O4S. The van der Waals surface area contributed by atoms with Crippen molar-refractivity contribution in [1.82, 2.24) is 19.7 Å². The van der Waals surface area contributed by atoms with Gasteiger partial charge in [0, 0.05) is 31.9 Å². The van der Waals surface area contributed by atoms with Crippen molar-refractivity contribution in [2.75, 3.05) is 31.4 Å². The molecule has 0 atom stereocenters. The van der Waals surface area contributed by atoms with Crippen molar-refractivity contribution in [3.05, 3.63) is 54.2 Å². The number of carbonyl (C=O) groups is 1. The van der Waals surface area contributed by atoms with Gasteiger partial charge in [-0.2, -0.15) is 8.42 Å². The van der Waals surface area contributed by atoms with Crippen LogP contribution in [-0.2, 0) is 10.0 Å². The lowest BCUT2D eigenvalue weighted by atomic mass is 9.94. The van der Waals surface area contributed by atoms with Gasteiger partial charge in [-0.05, 0) is 35.2 Å². The molecule has 0 aliphatic heterocycles. The van der Waals surface area contributed by atoms with Crippen LogP contribution in [0.1, 0.15) is 25.3 Å². The molecule has 0 saturated carbocycles. The summed E-state index contributed by atoms with van der Waals surface area (Å²) >= 11 is 0. The van der Waals surface area contributed by atoms with Gasteiger partial charge in [0.1, 0.15) is 11.6 Å². The lowest BCUT2D eigenvalue weighted by Gasteiger charge is -2.19. The Morgan fingerprint density at radius 3 is 2.56 bits per heavy atom. The van der Waals surface area contributed by atoms with Gasteiger partial charge in [-0.3, -0.25) is 4.98 Å². The molecule has 3 rings (SSSR count). The van der Waals surface area contributed by atoms with E-state index in [9.17, 15) is 17.6 Å². The number of rotatable bonds is 7. The molecule has 0 radical (unpaired) electrons. The van der Waals surface area contributed by atoms with Crippen LogP contribution in [-0.4, -0.2) is 50.6 Å². The smallest absolute Gasteiger partial charge is 0.333 e. The second kappa shape index (κ2) is 10.00. The zero-order valence-electron chi connectivity index (χ0n) is 19.3. The molecule has 3 aromatic rings. The van der Waals surface area contributed by atoms with E-state index in [1.807, 2.05) is 18.6 Å². The van der Waals surface area contributed by atoms with Crippen LogP contribution in [0.3, 0.4) is 0 Å². The Morgan fingerprint density at radius 2 is 1.91 bits per heavy atom. The lowest BCUT2D eigenvalue weighted by molar-refractivity contribution is 0.256. The average molecular weight is 489 g/mol. The minimum Gasteiger partial charge on any atom is -0.481 e. The van der Waals surface area contributed by atoms with Gasteiger partial charge in [-0.25, -0.2) is 23.9 Å². The third kappa shape index (κ3) is 5.57. The number of ether oxygens (including phenoxy) is 1. The van der Waals surface area contributed by atoms with Crippen molar-refractivity contribution in [1.29, 1.82) is 0 Å². The summed E-state index contributed by atoms with van der Waals surface area (Å²) in [5.74, 6) is -0.0976. The van der Waals surface area contributed by atoms with Gasteiger partial charge in [-0.15, -0.1) is 0 Å². The second-order valence-corrected chi connectivity index (χ2v) is 9.46. The molecule has 1 aromatic carbocycles. The highest BCUT2D eigenvalue weighted by Crippen LogP contribution is 2.36. The van der Waals surface area contributed by atoms with Crippen LogP contribution in [0.5, 0.6) is 5.88 Å². The number of halogens is 1. The normalized spacial score (nSPS) is 11.3. The fourth-order valence-corrected chi connectivity index (χ4v) is 3.95. The van der Waals surface area contributed by atoms with E-state index in [0.717, 1.165) is 6.20 Å². The van der Waals surface area contributed by atoms with E-state index in [1.165, 1.54) is 31.6 Å². The molecule has 10 nitrogen and oxygen atoms in total. The number of anilines is 2. The van der Waals surface area contributed by atoms with Crippen molar-refractivity contribution in [3.8, 4) is 17.0 Å². The summed E-state index contributed by atoms with van der Waals surface area (Å²) in [7, 11) is 0.473. The highest BCUT2D eigenvalue weighted by atomic mass is 32.2. The Bertz CT molecular complexity index is 1310. The SMILES string of the molecule is COc1cc(-c2cc(F)cc(C(C)C)c2NC(=O)NS(=O)(=O)c2cncc(N(C)C)n2)ccn1. The minimum atomic E-state index is -4.33. The number of nitrogens with zero attached hydrogens (tertiary/aromatic N) is 4. The quantitative estimate of drug-likeness (QED) is 0.518. The number of urea groups is 1. The molecule has 12 heteroatoms. The van der Waals surface area contributed by atoms with Crippen LogP contribution in [0.25, 0.3) is 11.1 Å². The standard InChI is InChI=1S/C22H25FN6O4S/c1-13(2)16-9-15(23)10-17(14-6-7-25-19(8-14)33-5)21(16)27-22(30)28-34(31,32)20-12-24-11-18(26-20)29(3)4/h6-13H,1-5H3,(H2,27,28,30). The third-order valence-electron chi connectivity index (χ3n) is 4.81. The summed E-state index contributed by atoms with van der Waals surface area (Å²) < 4.78 is 47.0. The number of methoxy groups -OCH3 is 1. The zero-order chi connectivity index (χ0) is 25.0. The average Bonchev–Trinajstić information content (AvgIpc) is 2.79. The maximum absolute atomic E-state index is 14.5. The fourth-order valence-electron chi connectivity index (χ4n) is 3.14. The Labute approximate surface area is 197 Å². The Morgan fingerprint density at radius 1 is 1.18 bits per heavy atom. The second-order valence-electron chi connectivity index (χ2n) is 7.83. The number of carbonyl (C=O) groups excluding carboxylic acids is 1. The van der Waals surface area contributed by atoms with Gasteiger partial charge in [0.15, 0.2) is 5.03 Å². The Kier molecular flexibility index (Phi) is 7.30. The molecule has 2 amide bonds. The first-order chi connectivity index (χ1) is 16.0. The largest absolute Gasteiger partial charge is 0.481 e. The predicted octanol–water partition coefficient (Wildman–Crippen LogP) is 3.39. The van der Waals surface area contributed by atoms with E-state index in [4.69, 9.17) is 4.74 Å². The van der Waals surface area contributed by atoms with Crippen molar-refractivity contribution < 1.29 is 22.3 Å². The molecule has 0 saturated heterocycles. The van der Waals surface area contributed by atoms with Gasteiger partial charge in [0.05, 0.1) is 25.2 Å². The van der Waals surface area contributed by atoms with Crippen LogP contribution in [0.4, 0.5) is 20.7 Å². The predicted molar refractivity (Wildman–Crippen MR) is 126 cm³/mol. The van der Waals surface area contributed by atoms with Crippen LogP contribution in [0.15, 0.2) is 47.9 Å². The van der Waals surface area contributed by atoms with E-state index in [1.54, 1.807) is 31.1 Å². The first-order valence-electron chi connectivity index (χ1n) is 10.2. The monoisotopic (exact) mass is 488 g/mol. The number of benzene rings is 1. The summed E-state index contributed by atoms with van der Waals surface area (Å²) in [5, 5.41) is 2.15. The molecule has 180 valence electrons. The molecule has 2 aromatic heterocycles. The molecule has 0 spiro atoms. The van der Waals surface area contributed by atoms with E-state index in [2.05, 4.69) is 20.3 Å². The summed E-state index contributed by atoms with van der Waals surface area (Å²) in [6, 6.07) is 4.72. The highest BCUT2D eigenvalue weighted by Gasteiger charge is 2.23. The molecule has 0 unspecified atom stereocenters. The number of aromatic nitrogens is 3. The molecule has 2 N–H and O–H groups in total. The van der Waals surface area contributed by atoms with Crippen molar-refractivity contribution in [2.24, 2.45) is 0 Å². The summed E-state index contributed by atoms with van der Waals surface area (Å²) in [5.41, 5.74) is 1.60. The molecule has 0 bridgehead atoms. The van der Waals surface area contributed by atoms with Crippen molar-refractivity contribution >= 4 is 27.6 Å². The van der Waals surface area contributed by atoms with Gasteiger partial charge in [0.2, 0.25) is 5.88 Å². The summed E-state index contributed by atoms with van der Waals surface area (Å²) in [4.78, 5) is 26.3. The maximum atomic E-state index is 14.5. The van der Waals surface area contributed by atoms with E-state index >= 15 is 0 Å². The van der Waals surface area contributed by atoms with Crippen molar-refractivity contribution in [3.63, 3.8) is 0 Å². The van der Waals surface area contributed by atoms with E-state index < -0.39 is 26.9 Å². The third-order valence-corrected chi connectivity index (χ3v) is 6.01. The number of hydrogen-bond donors (Lipinski definition) is 2. The van der Waals surface area contributed by atoms with Gasteiger partial charge < -0.3 is 15.0 Å². The number of nitrogens with one attached hydrogen (secondary N) is 2. The molecule has 0 aliphatic carbocycles. The zero-order valence-corrected chi connectivity index (χ0v) is 20.1. The Balaban J connectivity index is 1.99. The molecule has 0 fully saturated rings. The molecular weight excluding hydrogens is 463 g/mol. The van der Waals surface area contributed by atoms with E-state index in [-0.39, 0.29) is 11.6 Å². The number of sulfonamides is 1. The molecule has 34 heavy (non-hydrogen) atoms. The van der Waals surface area contributed by atoms with Gasteiger partial charge in [0.25, 0.3) is 10.0 Å². The summed E-state index contributed by atoms with van der Waals surface area (Å²) in [6.45, 7) is 3.65. The minimum absolute atomic E-state index is 0.187. The van der Waals surface area contributed by atoms with Crippen LogP contribution in [0, 0.1) is 5.82 Å². The van der Waals surface area contributed by atoms with Gasteiger partial charge in [-0.1, -0.05) is 13.8 Å². The molecule has 2 heterocycles. The number of pyridine rings is 1. The number of hydrogen-bond acceptors (Lipinski definition) is 8. The molecule has 0 aliphatic rings. The highest BCUT2D eigenvalue weighted by molar-refractivity contribution is 7.90. The fraction of sp³-hybridized carbons (Fsp3) is 0.273. The van der Waals surface area contributed by atoms with Crippen LogP contribution >= 0.6 is 0 Å². The van der Waals surface area contributed by atoms with Crippen LogP contribution < -0.4 is 19.7 Å². The van der Waals surface area contributed by atoms with Crippen molar-refractivity contribution in [2.45, 2.75) is 24.8 Å². The maximum Gasteiger partial charge on any atom is 0.333 e. The Hall–Kier alpha value is -3.80. The number of amides is 2. The topological polar surface area (TPSA) is 126 Å².